The maximum atomic E-state index is 12.0. The summed E-state index contributed by atoms with van der Waals surface area (Å²) >= 11 is 1.31. The van der Waals surface area contributed by atoms with Gasteiger partial charge in [0.1, 0.15) is 21.5 Å². The maximum Gasteiger partial charge on any atom is 0.263 e. The molecule has 1 saturated heterocycles. The first kappa shape index (κ1) is 14.4. The van der Waals surface area contributed by atoms with Gasteiger partial charge in [0.25, 0.3) is 5.91 Å². The highest BCUT2D eigenvalue weighted by Crippen LogP contribution is 2.38. The zero-order chi connectivity index (χ0) is 14.5. The molecule has 1 aromatic heterocycles. The second kappa shape index (κ2) is 6.44. The van der Waals surface area contributed by atoms with Gasteiger partial charge in [0.2, 0.25) is 0 Å². The lowest BCUT2D eigenvalue weighted by Gasteiger charge is -2.27. The van der Waals surface area contributed by atoms with E-state index in [0.717, 1.165) is 30.9 Å². The van der Waals surface area contributed by atoms with Gasteiger partial charge in [-0.15, -0.1) is 17.9 Å². The number of nitrogens with zero attached hydrogens (tertiary/aromatic N) is 2. The zero-order valence-electron chi connectivity index (χ0n) is 11.3. The first-order chi connectivity index (χ1) is 9.69. The number of carbonyl (C=O) groups is 1. The van der Waals surface area contributed by atoms with Crippen LogP contribution in [0.3, 0.4) is 0 Å². The van der Waals surface area contributed by atoms with E-state index in [1.807, 2.05) is 0 Å². The van der Waals surface area contributed by atoms with Gasteiger partial charge in [0.05, 0.1) is 5.69 Å². The van der Waals surface area contributed by atoms with Crippen molar-refractivity contribution in [3.05, 3.63) is 23.1 Å². The summed E-state index contributed by atoms with van der Waals surface area (Å²) in [5.41, 5.74) is 6.69. The summed E-state index contributed by atoms with van der Waals surface area (Å²) in [4.78, 5) is 14.6. The molecule has 106 valence electrons. The van der Waals surface area contributed by atoms with E-state index in [1.165, 1.54) is 17.8 Å². The van der Waals surface area contributed by atoms with E-state index >= 15 is 0 Å². The van der Waals surface area contributed by atoms with Crippen molar-refractivity contribution < 1.29 is 4.79 Å². The average molecular weight is 290 g/mol. The van der Waals surface area contributed by atoms with Gasteiger partial charge in [0, 0.05) is 19.6 Å². The Morgan fingerprint density at radius 3 is 2.80 bits per heavy atom. The second-order valence-electron chi connectivity index (χ2n) is 4.68. The van der Waals surface area contributed by atoms with Crippen LogP contribution in [-0.4, -0.2) is 25.5 Å². The van der Waals surface area contributed by atoms with Crippen molar-refractivity contribution in [2.24, 2.45) is 0 Å². The zero-order valence-corrected chi connectivity index (χ0v) is 12.1. The lowest BCUT2D eigenvalue weighted by Crippen LogP contribution is -2.29. The number of thiophene rings is 1. The molecule has 3 N–H and O–H groups in total. The fourth-order valence-corrected chi connectivity index (χ4v) is 3.41. The number of nitrogens with one attached hydrogen (secondary N) is 1. The molecule has 0 aromatic carbocycles. The number of rotatable bonds is 4. The summed E-state index contributed by atoms with van der Waals surface area (Å²) in [5.74, 6) is -0.243. The highest BCUT2D eigenvalue weighted by atomic mass is 32.1. The number of carbonyl (C=O) groups excluding carboxylic acids is 1. The van der Waals surface area contributed by atoms with Gasteiger partial charge in [-0.05, 0) is 19.3 Å². The Labute approximate surface area is 122 Å². The largest absolute Gasteiger partial charge is 0.396 e. The van der Waals surface area contributed by atoms with Crippen molar-refractivity contribution in [2.75, 3.05) is 30.3 Å². The first-order valence-corrected chi connectivity index (χ1v) is 7.47. The van der Waals surface area contributed by atoms with Gasteiger partial charge in [-0.25, -0.2) is 0 Å². The predicted octanol–water partition coefficient (Wildman–Crippen LogP) is 2.11. The fraction of sp³-hybridized carbons (Fsp3) is 0.429. The number of piperidine rings is 1. The third-order valence-electron chi connectivity index (χ3n) is 3.29. The van der Waals surface area contributed by atoms with Crippen LogP contribution in [0.1, 0.15) is 34.5 Å². The van der Waals surface area contributed by atoms with Crippen LogP contribution in [0.2, 0.25) is 0 Å². The standard InChI is InChI=1S/C14H18N4OS/c1-2-6-17-13(19)12-11(16)10(9-15)14(20-12)18-7-4-3-5-8-18/h2H,1,3-8,16H2,(H,17,19). The molecule has 1 aliphatic rings. The molecule has 1 amide bonds. The maximum absolute atomic E-state index is 12.0. The van der Waals surface area contributed by atoms with E-state index < -0.39 is 0 Å². The smallest absolute Gasteiger partial charge is 0.263 e. The monoisotopic (exact) mass is 290 g/mol. The Bertz CT molecular complexity index is 552. The molecule has 1 fully saturated rings. The minimum atomic E-state index is -0.243. The molecule has 1 aromatic rings. The van der Waals surface area contributed by atoms with Crippen LogP contribution in [0.5, 0.6) is 0 Å². The highest BCUT2D eigenvalue weighted by Gasteiger charge is 2.24. The van der Waals surface area contributed by atoms with Crippen molar-refractivity contribution in [2.45, 2.75) is 19.3 Å². The molecule has 0 radical (unpaired) electrons. The van der Waals surface area contributed by atoms with Gasteiger partial charge in [-0.3, -0.25) is 4.79 Å². The molecule has 2 rings (SSSR count). The Hall–Kier alpha value is -2.00. The minimum Gasteiger partial charge on any atom is -0.396 e. The van der Waals surface area contributed by atoms with Crippen molar-refractivity contribution >= 4 is 27.9 Å². The van der Waals surface area contributed by atoms with E-state index in [9.17, 15) is 10.1 Å². The van der Waals surface area contributed by atoms with Crippen molar-refractivity contribution in [1.82, 2.24) is 5.32 Å². The van der Waals surface area contributed by atoms with E-state index in [-0.39, 0.29) is 5.91 Å². The van der Waals surface area contributed by atoms with Gasteiger partial charge >= 0.3 is 0 Å². The number of hydrogen-bond acceptors (Lipinski definition) is 5. The van der Waals surface area contributed by atoms with Crippen LogP contribution in [0.25, 0.3) is 0 Å². The Balaban J connectivity index is 2.31. The van der Waals surface area contributed by atoms with Gasteiger partial charge in [-0.2, -0.15) is 5.26 Å². The first-order valence-electron chi connectivity index (χ1n) is 6.65. The SMILES string of the molecule is C=CCNC(=O)c1sc(N2CCCCC2)c(C#N)c1N. The summed E-state index contributed by atoms with van der Waals surface area (Å²) in [6.07, 6.45) is 5.05. The number of nitriles is 1. The predicted molar refractivity (Wildman–Crippen MR) is 82.0 cm³/mol. The molecular weight excluding hydrogens is 272 g/mol. The van der Waals surface area contributed by atoms with Gasteiger partial charge < -0.3 is 16.0 Å². The van der Waals surface area contributed by atoms with E-state index in [4.69, 9.17) is 5.73 Å². The molecule has 0 unspecified atom stereocenters. The third-order valence-corrected chi connectivity index (χ3v) is 4.56. The molecular formula is C14H18N4OS. The van der Waals surface area contributed by atoms with Gasteiger partial charge in [0.15, 0.2) is 0 Å². The van der Waals surface area contributed by atoms with Crippen LogP contribution < -0.4 is 16.0 Å². The third kappa shape index (κ3) is 2.78. The van der Waals surface area contributed by atoms with Crippen molar-refractivity contribution in [3.63, 3.8) is 0 Å². The fourth-order valence-electron chi connectivity index (χ4n) is 2.27. The number of nitrogens with two attached hydrogens (primary N) is 1. The van der Waals surface area contributed by atoms with Crippen LogP contribution >= 0.6 is 11.3 Å². The molecule has 0 saturated carbocycles. The van der Waals surface area contributed by atoms with Crippen LogP contribution in [-0.2, 0) is 0 Å². The summed E-state index contributed by atoms with van der Waals surface area (Å²) < 4.78 is 0. The van der Waals surface area contributed by atoms with Crippen molar-refractivity contribution in [1.29, 1.82) is 5.26 Å². The number of nitrogen functional groups attached to an aromatic ring is 1. The Morgan fingerprint density at radius 1 is 1.50 bits per heavy atom. The number of anilines is 2. The molecule has 0 bridgehead atoms. The molecule has 5 nitrogen and oxygen atoms in total. The molecule has 0 spiro atoms. The lowest BCUT2D eigenvalue weighted by atomic mass is 10.1. The molecule has 0 aliphatic carbocycles. The van der Waals surface area contributed by atoms with Gasteiger partial charge in [-0.1, -0.05) is 6.08 Å². The van der Waals surface area contributed by atoms with Crippen LogP contribution in [0.15, 0.2) is 12.7 Å². The molecule has 6 heteroatoms. The molecule has 1 aliphatic heterocycles. The summed E-state index contributed by atoms with van der Waals surface area (Å²) in [6.45, 7) is 5.78. The average Bonchev–Trinajstić information content (AvgIpc) is 2.82. The van der Waals surface area contributed by atoms with E-state index in [0.29, 0.717) is 22.7 Å². The summed E-state index contributed by atoms with van der Waals surface area (Å²) in [5, 5.41) is 12.8. The van der Waals surface area contributed by atoms with Crippen LogP contribution in [0.4, 0.5) is 10.7 Å². The summed E-state index contributed by atoms with van der Waals surface area (Å²) in [6, 6.07) is 2.14. The van der Waals surface area contributed by atoms with E-state index in [1.54, 1.807) is 6.08 Å². The summed E-state index contributed by atoms with van der Waals surface area (Å²) in [7, 11) is 0. The van der Waals surface area contributed by atoms with Crippen LogP contribution in [0, 0.1) is 11.3 Å². The number of amides is 1. The topological polar surface area (TPSA) is 82.2 Å². The Morgan fingerprint density at radius 2 is 2.20 bits per heavy atom. The molecule has 20 heavy (non-hydrogen) atoms. The Kier molecular flexibility index (Phi) is 4.64. The molecule has 2 heterocycles. The minimum absolute atomic E-state index is 0.243. The quantitative estimate of drug-likeness (QED) is 0.832. The van der Waals surface area contributed by atoms with Crippen molar-refractivity contribution in [3.8, 4) is 6.07 Å². The highest BCUT2D eigenvalue weighted by molar-refractivity contribution is 7.19. The normalized spacial score (nSPS) is 14.7. The lowest BCUT2D eigenvalue weighted by molar-refractivity contribution is 0.0963. The van der Waals surface area contributed by atoms with E-state index in [2.05, 4.69) is 22.9 Å². The molecule has 0 atom stereocenters. The second-order valence-corrected chi connectivity index (χ2v) is 5.68. The number of hydrogen-bond donors (Lipinski definition) is 2.